The Labute approximate surface area is 155 Å². The molecule has 0 atom stereocenters. The van der Waals surface area contributed by atoms with Crippen LogP contribution in [0.25, 0.3) is 0 Å². The van der Waals surface area contributed by atoms with Crippen molar-refractivity contribution in [2.24, 2.45) is 0 Å². The van der Waals surface area contributed by atoms with Gasteiger partial charge in [-0.2, -0.15) is 75.8 Å². The monoisotopic (exact) mass is 381 g/mol. The molecule has 0 aromatic heterocycles. The van der Waals surface area contributed by atoms with Gasteiger partial charge in [0.05, 0.1) is 0 Å². The van der Waals surface area contributed by atoms with Crippen molar-refractivity contribution in [2.45, 2.75) is 10.8 Å². The fourth-order valence-electron chi connectivity index (χ4n) is 1.93. The fourth-order valence-corrected chi connectivity index (χ4v) is 5.39. The Morgan fingerprint density at radius 3 is 1.60 bits per heavy atom. The molecule has 0 bridgehead atoms. The van der Waals surface area contributed by atoms with Gasteiger partial charge < -0.3 is 0 Å². The van der Waals surface area contributed by atoms with Crippen LogP contribution in [0.4, 0.5) is 0 Å². The van der Waals surface area contributed by atoms with Gasteiger partial charge in [-0.15, -0.1) is 0 Å². The number of hydrogen-bond donors (Lipinski definition) is 6. The van der Waals surface area contributed by atoms with Crippen molar-refractivity contribution in [1.29, 1.82) is 0 Å². The zero-order valence-electron chi connectivity index (χ0n) is 11.2. The molecule has 1 rings (SSSR count). The van der Waals surface area contributed by atoms with Crippen molar-refractivity contribution in [2.75, 3.05) is 34.5 Å². The molecule has 0 saturated carbocycles. The summed E-state index contributed by atoms with van der Waals surface area (Å²) in [7, 11) is 0. The number of benzene rings is 1. The van der Waals surface area contributed by atoms with Gasteiger partial charge in [-0.05, 0) is 17.2 Å². The molecule has 0 N–H and O–H groups in total. The number of rotatable bonds is 8. The van der Waals surface area contributed by atoms with Gasteiger partial charge in [0, 0.05) is 45.3 Å². The molecule has 0 heterocycles. The lowest BCUT2D eigenvalue weighted by molar-refractivity contribution is 0.607. The smallest absolute Gasteiger partial charge is 0.0223 e. The van der Waals surface area contributed by atoms with Gasteiger partial charge in [-0.25, -0.2) is 0 Å². The predicted molar refractivity (Wildman–Crippen MR) is 112 cm³/mol. The van der Waals surface area contributed by atoms with E-state index in [-0.39, 0.29) is 10.8 Å². The lowest BCUT2D eigenvalue weighted by atomic mass is 9.80. The SMILES string of the molecule is SCC(CS)(CS)c1[c]ccc(C(CS)(CS)CS)c1. The number of hydrogen-bond acceptors (Lipinski definition) is 6. The van der Waals surface area contributed by atoms with Gasteiger partial charge in [0.15, 0.2) is 0 Å². The maximum atomic E-state index is 4.50. The van der Waals surface area contributed by atoms with E-state index in [2.05, 4.69) is 94.0 Å². The van der Waals surface area contributed by atoms with E-state index in [0.29, 0.717) is 34.5 Å². The minimum absolute atomic E-state index is 0.130. The van der Waals surface area contributed by atoms with Gasteiger partial charge in [0.2, 0.25) is 0 Å². The molecule has 0 aliphatic heterocycles. The van der Waals surface area contributed by atoms with Crippen LogP contribution in [0.15, 0.2) is 18.2 Å². The van der Waals surface area contributed by atoms with E-state index in [0.717, 1.165) is 5.56 Å². The van der Waals surface area contributed by atoms with E-state index >= 15 is 0 Å². The molecule has 0 unspecified atom stereocenters. The zero-order chi connectivity index (χ0) is 15.2. The van der Waals surface area contributed by atoms with Crippen molar-refractivity contribution in [3.63, 3.8) is 0 Å². The van der Waals surface area contributed by atoms with Crippen LogP contribution in [0.2, 0.25) is 0 Å². The van der Waals surface area contributed by atoms with E-state index in [9.17, 15) is 0 Å². The molecule has 0 nitrogen and oxygen atoms in total. The van der Waals surface area contributed by atoms with Crippen LogP contribution in [0.1, 0.15) is 11.1 Å². The second kappa shape index (κ2) is 8.82. The summed E-state index contributed by atoms with van der Waals surface area (Å²) < 4.78 is 0. The highest BCUT2D eigenvalue weighted by Crippen LogP contribution is 2.34. The first-order chi connectivity index (χ1) is 9.57. The van der Waals surface area contributed by atoms with Crippen molar-refractivity contribution in [3.8, 4) is 0 Å². The molecule has 0 aliphatic rings. The van der Waals surface area contributed by atoms with Gasteiger partial charge >= 0.3 is 0 Å². The zero-order valence-corrected chi connectivity index (χ0v) is 16.5. The summed E-state index contributed by atoms with van der Waals surface area (Å²) in [6.07, 6.45) is 0. The first-order valence-electron chi connectivity index (χ1n) is 6.26. The van der Waals surface area contributed by atoms with Crippen molar-refractivity contribution in [1.82, 2.24) is 0 Å². The molecule has 0 fully saturated rings. The largest absolute Gasteiger partial charge is 0.178 e. The summed E-state index contributed by atoms with van der Waals surface area (Å²) in [5, 5.41) is 0. The average molecular weight is 382 g/mol. The van der Waals surface area contributed by atoms with Crippen LogP contribution in [0, 0.1) is 6.07 Å². The first kappa shape index (κ1) is 19.4. The highest BCUT2D eigenvalue weighted by molar-refractivity contribution is 7.82. The van der Waals surface area contributed by atoms with Crippen LogP contribution in [-0.4, -0.2) is 34.5 Å². The van der Waals surface area contributed by atoms with Crippen molar-refractivity contribution in [3.05, 3.63) is 35.4 Å². The molecule has 0 aliphatic carbocycles. The molecular formula is C14H21S6. The Morgan fingerprint density at radius 1 is 0.750 bits per heavy atom. The van der Waals surface area contributed by atoms with E-state index in [1.807, 2.05) is 6.07 Å². The molecule has 20 heavy (non-hydrogen) atoms. The molecule has 0 amide bonds. The summed E-state index contributed by atoms with van der Waals surface area (Å²) in [6, 6.07) is 9.53. The van der Waals surface area contributed by atoms with Gasteiger partial charge in [-0.1, -0.05) is 18.2 Å². The predicted octanol–water partition coefficient (Wildman–Crippen LogP) is 3.54. The highest BCUT2D eigenvalue weighted by atomic mass is 32.1. The normalized spacial score (nSPS) is 12.7. The standard InChI is InChI=1S/C14H21S6/c15-5-13(6-16,7-17)11-2-1-3-12(4-11)14(8-18,9-19)10-20/h1-2,4,15-20H,5-10H2. The minimum atomic E-state index is -0.166. The summed E-state index contributed by atoms with van der Waals surface area (Å²) in [5.41, 5.74) is 2.00. The van der Waals surface area contributed by atoms with Gasteiger partial charge in [-0.3, -0.25) is 0 Å². The topological polar surface area (TPSA) is 0 Å². The molecule has 113 valence electrons. The van der Waals surface area contributed by atoms with Crippen LogP contribution in [0.5, 0.6) is 0 Å². The van der Waals surface area contributed by atoms with Crippen molar-refractivity contribution >= 4 is 75.8 Å². The Balaban J connectivity index is 3.32. The molecule has 1 radical (unpaired) electrons. The maximum absolute atomic E-state index is 4.50. The highest BCUT2D eigenvalue weighted by Gasteiger charge is 2.32. The van der Waals surface area contributed by atoms with E-state index < -0.39 is 0 Å². The quantitative estimate of drug-likeness (QED) is 0.365. The van der Waals surface area contributed by atoms with Gasteiger partial charge in [0.25, 0.3) is 0 Å². The molecule has 6 heteroatoms. The third-order valence-corrected chi connectivity index (χ3v) is 7.43. The summed E-state index contributed by atoms with van der Waals surface area (Å²) in [6.45, 7) is 0. The van der Waals surface area contributed by atoms with Crippen LogP contribution < -0.4 is 0 Å². The van der Waals surface area contributed by atoms with Gasteiger partial charge in [0.1, 0.15) is 0 Å². The molecule has 1 aromatic carbocycles. The summed E-state index contributed by atoms with van der Waals surface area (Å²) in [4.78, 5) is 0. The Kier molecular flexibility index (Phi) is 8.54. The second-order valence-corrected chi connectivity index (χ2v) is 6.90. The Bertz CT molecular complexity index is 360. The van der Waals surface area contributed by atoms with Crippen molar-refractivity contribution < 1.29 is 0 Å². The maximum Gasteiger partial charge on any atom is 0.0223 e. The van der Waals surface area contributed by atoms with E-state index in [1.54, 1.807) is 0 Å². The lowest BCUT2D eigenvalue weighted by Gasteiger charge is -2.33. The second-order valence-electron chi connectivity index (χ2n) is 5.00. The number of thiol groups is 6. The summed E-state index contributed by atoms with van der Waals surface area (Å²) >= 11 is 26.9. The third kappa shape index (κ3) is 3.80. The van der Waals surface area contributed by atoms with Crippen LogP contribution >= 0.6 is 75.8 Å². The average Bonchev–Trinajstić information content (AvgIpc) is 2.52. The Morgan fingerprint density at radius 2 is 1.20 bits per heavy atom. The third-order valence-electron chi connectivity index (χ3n) is 3.80. The molecule has 0 spiro atoms. The van der Waals surface area contributed by atoms with E-state index in [1.165, 1.54) is 5.56 Å². The van der Waals surface area contributed by atoms with E-state index in [4.69, 9.17) is 0 Å². The first-order valence-corrected chi connectivity index (χ1v) is 10.1. The fraction of sp³-hybridized carbons (Fsp3) is 0.571. The lowest BCUT2D eigenvalue weighted by Crippen LogP contribution is -2.36. The Hall–Kier alpha value is 1.32. The van der Waals surface area contributed by atoms with Crippen LogP contribution in [0.3, 0.4) is 0 Å². The molecular weight excluding hydrogens is 361 g/mol. The summed E-state index contributed by atoms with van der Waals surface area (Å²) in [5.74, 6) is 4.19. The molecule has 0 saturated heterocycles. The minimum Gasteiger partial charge on any atom is -0.178 e. The van der Waals surface area contributed by atoms with Crippen LogP contribution in [-0.2, 0) is 10.8 Å². The molecule has 1 aromatic rings.